The van der Waals surface area contributed by atoms with Crippen molar-refractivity contribution in [3.63, 3.8) is 0 Å². The topological polar surface area (TPSA) is 0 Å². The molecule has 0 amide bonds. The summed E-state index contributed by atoms with van der Waals surface area (Å²) in [7, 11) is 0. The van der Waals surface area contributed by atoms with Crippen LogP contribution in [0.1, 0.15) is 5.56 Å². The first-order valence-electron chi connectivity index (χ1n) is 2.85. The Morgan fingerprint density at radius 2 is 1.91 bits per heavy atom. The first-order valence-corrected chi connectivity index (χ1v) is 3.76. The van der Waals surface area contributed by atoms with Crippen LogP contribution >= 0.6 is 23.2 Å². The Bertz CT molecular complexity index is 273. The number of hydrogen-bond acceptors (Lipinski definition) is 0. The molecule has 0 fully saturated rings. The van der Waals surface area contributed by atoms with Gasteiger partial charge in [-0.1, -0.05) is 11.6 Å². The Morgan fingerprint density at radius 3 is 2.36 bits per heavy atom. The smallest absolute Gasteiger partial charge is 0.164 e. The second kappa shape index (κ2) is 3.37. The van der Waals surface area contributed by atoms with Gasteiger partial charge in [0.15, 0.2) is 11.6 Å². The zero-order valence-electron chi connectivity index (χ0n) is 5.37. The van der Waals surface area contributed by atoms with Gasteiger partial charge in [-0.15, -0.1) is 11.6 Å². The minimum atomic E-state index is -0.965. The summed E-state index contributed by atoms with van der Waals surface area (Å²) in [5.41, 5.74) is 0.00772. The minimum Gasteiger partial charge on any atom is -0.204 e. The van der Waals surface area contributed by atoms with E-state index < -0.39 is 11.6 Å². The molecule has 1 aromatic rings. The molecule has 0 saturated heterocycles. The second-order valence-electron chi connectivity index (χ2n) is 1.96. The van der Waals surface area contributed by atoms with Gasteiger partial charge >= 0.3 is 0 Å². The summed E-state index contributed by atoms with van der Waals surface area (Å²) >= 11 is 10.8. The van der Waals surface area contributed by atoms with Crippen LogP contribution in [0.2, 0.25) is 5.02 Å². The fourth-order valence-electron chi connectivity index (χ4n) is 0.692. The molecule has 0 aromatic heterocycles. The lowest BCUT2D eigenvalue weighted by atomic mass is 10.2. The zero-order chi connectivity index (χ0) is 8.43. The SMILES string of the molecule is Fc1ccc(Cl)c(CCl)c1F. The summed E-state index contributed by atoms with van der Waals surface area (Å²) in [6, 6.07) is 2.24. The van der Waals surface area contributed by atoms with Gasteiger partial charge in [0.25, 0.3) is 0 Å². The molecular formula is C7H4Cl2F2. The van der Waals surface area contributed by atoms with E-state index in [1.807, 2.05) is 0 Å². The molecule has 0 saturated carbocycles. The predicted molar refractivity (Wildman–Crippen MR) is 40.9 cm³/mol. The number of benzene rings is 1. The lowest BCUT2D eigenvalue weighted by Crippen LogP contribution is -1.91. The molecule has 1 rings (SSSR count). The molecule has 4 heteroatoms. The predicted octanol–water partition coefficient (Wildman–Crippen LogP) is 3.36. The van der Waals surface area contributed by atoms with Crippen molar-refractivity contribution in [2.45, 2.75) is 5.88 Å². The minimum absolute atomic E-state index is 0.00772. The zero-order valence-corrected chi connectivity index (χ0v) is 6.89. The van der Waals surface area contributed by atoms with E-state index in [9.17, 15) is 8.78 Å². The number of hydrogen-bond donors (Lipinski definition) is 0. The van der Waals surface area contributed by atoms with Gasteiger partial charge in [0.2, 0.25) is 0 Å². The molecule has 0 atom stereocenters. The largest absolute Gasteiger partial charge is 0.204 e. The van der Waals surface area contributed by atoms with E-state index in [0.29, 0.717) is 0 Å². The first kappa shape index (κ1) is 8.75. The maximum Gasteiger partial charge on any atom is 0.164 e. The highest BCUT2D eigenvalue weighted by Gasteiger charge is 2.10. The normalized spacial score (nSPS) is 10.2. The van der Waals surface area contributed by atoms with Crippen LogP contribution < -0.4 is 0 Å². The van der Waals surface area contributed by atoms with Crippen molar-refractivity contribution in [1.82, 2.24) is 0 Å². The fraction of sp³-hybridized carbons (Fsp3) is 0.143. The Hall–Kier alpha value is -0.340. The molecule has 0 bridgehead atoms. The third-order valence-corrected chi connectivity index (χ3v) is 1.89. The summed E-state index contributed by atoms with van der Waals surface area (Å²) in [5.74, 6) is -2.01. The molecule has 0 heterocycles. The van der Waals surface area contributed by atoms with Crippen LogP contribution in [0, 0.1) is 11.6 Å². The van der Waals surface area contributed by atoms with Crippen molar-refractivity contribution in [2.75, 3.05) is 0 Å². The molecule has 0 aliphatic carbocycles. The van der Waals surface area contributed by atoms with Gasteiger partial charge in [-0.25, -0.2) is 8.78 Å². The molecule has 11 heavy (non-hydrogen) atoms. The molecule has 60 valence electrons. The molecule has 0 unspecified atom stereocenters. The van der Waals surface area contributed by atoms with Crippen molar-refractivity contribution in [1.29, 1.82) is 0 Å². The van der Waals surface area contributed by atoms with E-state index in [2.05, 4.69) is 0 Å². The summed E-state index contributed by atoms with van der Waals surface area (Å²) in [6.07, 6.45) is 0. The molecule has 0 spiro atoms. The van der Waals surface area contributed by atoms with E-state index in [0.717, 1.165) is 6.07 Å². The lowest BCUT2D eigenvalue weighted by molar-refractivity contribution is 0.502. The third-order valence-electron chi connectivity index (χ3n) is 1.27. The third kappa shape index (κ3) is 1.63. The van der Waals surface area contributed by atoms with Crippen molar-refractivity contribution in [2.24, 2.45) is 0 Å². The molecule has 0 N–H and O–H groups in total. The van der Waals surface area contributed by atoms with Crippen molar-refractivity contribution < 1.29 is 8.78 Å². The van der Waals surface area contributed by atoms with Crippen molar-refractivity contribution in [3.05, 3.63) is 34.4 Å². The second-order valence-corrected chi connectivity index (χ2v) is 2.63. The van der Waals surface area contributed by atoms with Crippen LogP contribution in [-0.2, 0) is 5.88 Å². The molecule has 0 nitrogen and oxygen atoms in total. The first-order chi connectivity index (χ1) is 5.16. The van der Waals surface area contributed by atoms with Crippen molar-refractivity contribution >= 4 is 23.2 Å². The number of halogens is 4. The Morgan fingerprint density at radius 1 is 1.27 bits per heavy atom. The van der Waals surface area contributed by atoms with Gasteiger partial charge in [-0.3, -0.25) is 0 Å². The summed E-state index contributed by atoms with van der Waals surface area (Å²) in [4.78, 5) is 0. The average Bonchev–Trinajstić information content (AvgIpc) is 1.99. The molecule has 0 radical (unpaired) electrons. The lowest BCUT2D eigenvalue weighted by Gasteiger charge is -2.01. The Kier molecular flexibility index (Phi) is 2.68. The van der Waals surface area contributed by atoms with Crippen LogP contribution in [0.3, 0.4) is 0 Å². The van der Waals surface area contributed by atoms with E-state index in [1.165, 1.54) is 6.07 Å². The van der Waals surface area contributed by atoms with E-state index in [1.54, 1.807) is 0 Å². The summed E-state index contributed by atoms with van der Waals surface area (Å²) in [6.45, 7) is 0. The highest BCUT2D eigenvalue weighted by molar-refractivity contribution is 6.32. The van der Waals surface area contributed by atoms with Gasteiger partial charge in [0.05, 0.1) is 5.88 Å². The molecule has 0 aliphatic heterocycles. The molecule has 0 aliphatic rings. The van der Waals surface area contributed by atoms with E-state index in [-0.39, 0.29) is 16.5 Å². The van der Waals surface area contributed by atoms with Gasteiger partial charge in [0, 0.05) is 10.6 Å². The van der Waals surface area contributed by atoms with Crippen LogP contribution in [0.15, 0.2) is 12.1 Å². The quantitative estimate of drug-likeness (QED) is 0.478. The number of alkyl halides is 1. The Labute approximate surface area is 72.7 Å². The highest BCUT2D eigenvalue weighted by atomic mass is 35.5. The maximum atomic E-state index is 12.7. The Balaban J connectivity index is 3.29. The standard InChI is InChI=1S/C7H4Cl2F2/c8-3-4-5(9)1-2-6(10)7(4)11/h1-2H,3H2. The van der Waals surface area contributed by atoms with Crippen LogP contribution in [0.4, 0.5) is 8.78 Å². The van der Waals surface area contributed by atoms with Crippen LogP contribution in [0.5, 0.6) is 0 Å². The highest BCUT2D eigenvalue weighted by Crippen LogP contribution is 2.22. The monoisotopic (exact) mass is 196 g/mol. The van der Waals surface area contributed by atoms with Crippen LogP contribution in [-0.4, -0.2) is 0 Å². The summed E-state index contributed by atoms with van der Waals surface area (Å²) in [5, 5.41) is 0.152. The summed E-state index contributed by atoms with van der Waals surface area (Å²) < 4.78 is 25.2. The van der Waals surface area contributed by atoms with E-state index >= 15 is 0 Å². The van der Waals surface area contributed by atoms with Gasteiger partial charge in [0.1, 0.15) is 0 Å². The maximum absolute atomic E-state index is 12.7. The van der Waals surface area contributed by atoms with Crippen molar-refractivity contribution in [3.8, 4) is 0 Å². The number of rotatable bonds is 1. The van der Waals surface area contributed by atoms with Gasteiger partial charge < -0.3 is 0 Å². The van der Waals surface area contributed by atoms with E-state index in [4.69, 9.17) is 23.2 Å². The van der Waals surface area contributed by atoms with Crippen LogP contribution in [0.25, 0.3) is 0 Å². The molecular weight excluding hydrogens is 193 g/mol. The molecule has 1 aromatic carbocycles. The fourth-order valence-corrected chi connectivity index (χ4v) is 1.23. The average molecular weight is 197 g/mol. The van der Waals surface area contributed by atoms with Gasteiger partial charge in [-0.2, -0.15) is 0 Å². The van der Waals surface area contributed by atoms with Gasteiger partial charge in [-0.05, 0) is 12.1 Å².